The van der Waals surface area contributed by atoms with Crippen molar-refractivity contribution < 1.29 is 19.0 Å². The summed E-state index contributed by atoms with van der Waals surface area (Å²) in [6.45, 7) is 5.93. The highest BCUT2D eigenvalue weighted by Crippen LogP contribution is 2.30. The maximum absolute atomic E-state index is 12.7. The molecule has 8 heteroatoms. The van der Waals surface area contributed by atoms with Crippen LogP contribution in [0.1, 0.15) is 41.8 Å². The normalized spacial score (nSPS) is 12.6. The summed E-state index contributed by atoms with van der Waals surface area (Å²) in [6.07, 6.45) is 0.483. The highest BCUT2D eigenvalue weighted by Gasteiger charge is 2.17. The molecule has 188 valence electrons. The van der Waals surface area contributed by atoms with E-state index in [2.05, 4.69) is 16.1 Å². The van der Waals surface area contributed by atoms with Gasteiger partial charge in [0, 0.05) is 31.1 Å². The van der Waals surface area contributed by atoms with Crippen LogP contribution < -0.4 is 14.2 Å². The van der Waals surface area contributed by atoms with Crippen LogP contribution in [0.2, 0.25) is 0 Å². The minimum absolute atomic E-state index is 0.0491. The maximum Gasteiger partial charge on any atom is 0.320 e. The molecule has 1 aliphatic heterocycles. The first-order chi connectivity index (χ1) is 18.1. The van der Waals surface area contributed by atoms with Crippen LogP contribution in [0.4, 0.5) is 0 Å². The van der Waals surface area contributed by atoms with Gasteiger partial charge in [-0.3, -0.25) is 4.79 Å². The summed E-state index contributed by atoms with van der Waals surface area (Å²) in [5.41, 5.74) is 1.98. The number of nitriles is 1. The molecule has 37 heavy (non-hydrogen) atoms. The summed E-state index contributed by atoms with van der Waals surface area (Å²) >= 11 is 0. The number of hydrogen-bond donors (Lipinski definition) is 0. The molecular weight excluding hydrogens is 468 g/mol. The van der Waals surface area contributed by atoms with Crippen molar-refractivity contribution >= 4 is 17.8 Å². The van der Waals surface area contributed by atoms with Gasteiger partial charge in [-0.25, -0.2) is 4.99 Å². The molecule has 0 saturated heterocycles. The third-order valence-electron chi connectivity index (χ3n) is 5.67. The number of nitrogens with zero attached hydrogens (tertiary/aromatic N) is 4. The number of benzene rings is 3. The van der Waals surface area contributed by atoms with Crippen LogP contribution in [0, 0.1) is 11.3 Å². The number of carbonyl (C=O) groups is 1. The Bertz CT molecular complexity index is 1340. The van der Waals surface area contributed by atoms with Crippen LogP contribution in [-0.4, -0.2) is 42.4 Å². The summed E-state index contributed by atoms with van der Waals surface area (Å²) in [4.78, 5) is 23.2. The number of hydrogen-bond acceptors (Lipinski definition) is 7. The standard InChI is InChI=1S/C29H28N4O4/c1-3-33(4-2)28(34)23-11-8-12-24(18-23)36-27-15-16-31-29(32-27)37-26-17-22(19-30)13-14-25(26)35-20-21-9-6-5-7-10-21/h5-14,17-18H,3-4,15-16,20H2,1-2H3. The van der Waals surface area contributed by atoms with Crippen molar-refractivity contribution in [2.45, 2.75) is 26.9 Å². The van der Waals surface area contributed by atoms with E-state index in [9.17, 15) is 10.1 Å². The molecule has 0 atom stereocenters. The minimum Gasteiger partial charge on any atom is -0.485 e. The van der Waals surface area contributed by atoms with Gasteiger partial charge in [0.2, 0.25) is 5.90 Å². The van der Waals surface area contributed by atoms with Crippen LogP contribution >= 0.6 is 0 Å². The van der Waals surface area contributed by atoms with E-state index in [1.807, 2.05) is 44.2 Å². The molecule has 4 rings (SSSR count). The van der Waals surface area contributed by atoms with Crippen molar-refractivity contribution in [1.29, 1.82) is 5.26 Å². The molecule has 1 heterocycles. The van der Waals surface area contributed by atoms with E-state index >= 15 is 0 Å². The van der Waals surface area contributed by atoms with Crippen LogP contribution in [0.15, 0.2) is 82.8 Å². The number of amidine groups is 1. The highest BCUT2D eigenvalue weighted by molar-refractivity contribution is 5.96. The van der Waals surface area contributed by atoms with Crippen molar-refractivity contribution in [3.05, 3.63) is 89.5 Å². The van der Waals surface area contributed by atoms with Crippen molar-refractivity contribution in [3.63, 3.8) is 0 Å². The SMILES string of the molecule is CCN(CC)C(=O)c1cccc(OC2=NC(Oc3cc(C#N)ccc3OCc3ccccc3)=NCC2)c1. The first-order valence-corrected chi connectivity index (χ1v) is 12.2. The van der Waals surface area contributed by atoms with Crippen molar-refractivity contribution in [2.75, 3.05) is 19.6 Å². The zero-order chi connectivity index (χ0) is 26.0. The van der Waals surface area contributed by atoms with E-state index in [0.717, 1.165) is 5.56 Å². The summed E-state index contributed by atoms with van der Waals surface area (Å²) < 4.78 is 17.9. The predicted octanol–water partition coefficient (Wildman–Crippen LogP) is 5.24. The Balaban J connectivity index is 1.48. The van der Waals surface area contributed by atoms with Crippen molar-refractivity contribution in [1.82, 2.24) is 4.90 Å². The van der Waals surface area contributed by atoms with Crippen molar-refractivity contribution in [3.8, 4) is 23.3 Å². The lowest BCUT2D eigenvalue weighted by Gasteiger charge is -2.19. The number of carbonyl (C=O) groups excluding carboxylic acids is 1. The second-order valence-electron chi connectivity index (χ2n) is 8.18. The average Bonchev–Trinajstić information content (AvgIpc) is 2.94. The van der Waals surface area contributed by atoms with Gasteiger partial charge in [0.15, 0.2) is 11.5 Å². The molecule has 0 fully saturated rings. The Morgan fingerprint density at radius 1 is 0.973 bits per heavy atom. The molecule has 0 aliphatic carbocycles. The van der Waals surface area contributed by atoms with Crippen LogP contribution in [0.5, 0.6) is 17.2 Å². The number of ether oxygens (including phenoxy) is 3. The molecule has 0 aromatic heterocycles. The Hall–Kier alpha value is -4.64. The predicted molar refractivity (Wildman–Crippen MR) is 141 cm³/mol. The molecule has 0 unspecified atom stereocenters. The number of aliphatic imine (C=N–C) groups is 2. The fraction of sp³-hybridized carbons (Fsp3) is 0.241. The molecule has 0 saturated carbocycles. The van der Waals surface area contributed by atoms with E-state index in [1.165, 1.54) is 0 Å². The third-order valence-corrected chi connectivity index (χ3v) is 5.67. The molecule has 0 N–H and O–H groups in total. The molecule has 0 radical (unpaired) electrons. The van der Waals surface area contributed by atoms with E-state index < -0.39 is 0 Å². The molecule has 1 aliphatic rings. The fourth-order valence-corrected chi connectivity index (χ4v) is 3.71. The van der Waals surface area contributed by atoms with Gasteiger partial charge in [0.25, 0.3) is 5.91 Å². The minimum atomic E-state index is -0.0491. The maximum atomic E-state index is 12.7. The first-order valence-electron chi connectivity index (χ1n) is 12.2. The zero-order valence-corrected chi connectivity index (χ0v) is 20.9. The van der Waals surface area contributed by atoms with E-state index in [0.29, 0.717) is 66.9 Å². The van der Waals surface area contributed by atoms with E-state index in [-0.39, 0.29) is 11.9 Å². The van der Waals surface area contributed by atoms with Gasteiger partial charge >= 0.3 is 6.02 Å². The summed E-state index contributed by atoms with van der Waals surface area (Å²) in [5, 5.41) is 9.35. The average molecular weight is 497 g/mol. The lowest BCUT2D eigenvalue weighted by atomic mass is 10.2. The molecule has 3 aromatic rings. The van der Waals surface area contributed by atoms with Gasteiger partial charge in [-0.15, -0.1) is 0 Å². The summed E-state index contributed by atoms with van der Waals surface area (Å²) in [5.74, 6) is 1.69. The Labute approximate surface area is 216 Å². The quantitative estimate of drug-likeness (QED) is 0.425. The fourth-order valence-electron chi connectivity index (χ4n) is 3.71. The zero-order valence-electron chi connectivity index (χ0n) is 20.9. The number of rotatable bonds is 8. The third kappa shape index (κ3) is 6.73. The topological polar surface area (TPSA) is 96.5 Å². The molecule has 8 nitrogen and oxygen atoms in total. The largest absolute Gasteiger partial charge is 0.485 e. The molecular formula is C29H28N4O4. The number of amides is 1. The van der Waals surface area contributed by atoms with Gasteiger partial charge in [-0.1, -0.05) is 36.4 Å². The van der Waals surface area contributed by atoms with Crippen LogP contribution in [0.25, 0.3) is 0 Å². The second-order valence-corrected chi connectivity index (χ2v) is 8.18. The summed E-state index contributed by atoms with van der Waals surface area (Å²) in [7, 11) is 0. The monoisotopic (exact) mass is 496 g/mol. The highest BCUT2D eigenvalue weighted by atomic mass is 16.5. The van der Waals surface area contributed by atoms with Gasteiger partial charge in [0.05, 0.1) is 18.2 Å². The Morgan fingerprint density at radius 2 is 1.78 bits per heavy atom. The van der Waals surface area contributed by atoms with Gasteiger partial charge in [0.1, 0.15) is 12.4 Å². The molecule has 3 aromatic carbocycles. The summed E-state index contributed by atoms with van der Waals surface area (Å²) in [6, 6.07) is 24.0. The van der Waals surface area contributed by atoms with E-state index in [1.54, 1.807) is 47.4 Å². The van der Waals surface area contributed by atoms with Gasteiger partial charge in [-0.05, 0) is 49.7 Å². The molecule has 0 spiro atoms. The molecule has 1 amide bonds. The van der Waals surface area contributed by atoms with Crippen LogP contribution in [0.3, 0.4) is 0 Å². The van der Waals surface area contributed by atoms with E-state index in [4.69, 9.17) is 14.2 Å². The van der Waals surface area contributed by atoms with Gasteiger partial charge < -0.3 is 19.1 Å². The lowest BCUT2D eigenvalue weighted by molar-refractivity contribution is 0.0772. The lowest BCUT2D eigenvalue weighted by Crippen LogP contribution is -2.30. The Morgan fingerprint density at radius 3 is 2.54 bits per heavy atom. The first kappa shape index (κ1) is 25.5. The Kier molecular flexibility index (Phi) is 8.50. The smallest absolute Gasteiger partial charge is 0.320 e. The van der Waals surface area contributed by atoms with Crippen LogP contribution in [-0.2, 0) is 6.61 Å². The second kappa shape index (κ2) is 12.4. The van der Waals surface area contributed by atoms with Gasteiger partial charge in [-0.2, -0.15) is 10.3 Å². The van der Waals surface area contributed by atoms with Crippen molar-refractivity contribution in [2.24, 2.45) is 9.98 Å². The molecule has 0 bridgehead atoms.